The summed E-state index contributed by atoms with van der Waals surface area (Å²) in [6, 6.07) is 7.69. The third-order valence-electron chi connectivity index (χ3n) is 3.50. The van der Waals surface area contributed by atoms with Crippen molar-refractivity contribution in [1.82, 2.24) is 0 Å². The van der Waals surface area contributed by atoms with E-state index in [1.807, 2.05) is 24.3 Å². The van der Waals surface area contributed by atoms with Gasteiger partial charge in [-0.05, 0) is 36.8 Å². The largest absolute Gasteiger partial charge is 0.487 e. The molecule has 17 heavy (non-hydrogen) atoms. The van der Waals surface area contributed by atoms with Gasteiger partial charge < -0.3 is 10.5 Å². The van der Waals surface area contributed by atoms with Crippen LogP contribution in [0.2, 0.25) is 5.02 Å². The molecule has 94 valence electrons. The summed E-state index contributed by atoms with van der Waals surface area (Å²) in [6.45, 7) is 4.53. The first-order chi connectivity index (χ1) is 7.98. The highest BCUT2D eigenvalue weighted by Crippen LogP contribution is 2.37. The topological polar surface area (TPSA) is 35.2 Å². The molecular weight excluding hydrogens is 234 g/mol. The molecule has 2 atom stereocenters. The fraction of sp³-hybridized carbons (Fsp3) is 0.571. The SMILES string of the molecule is CC1(C)CCC(N)C(Oc2ccccc2Cl)C1. The molecule has 1 aliphatic rings. The van der Waals surface area contributed by atoms with Gasteiger partial charge in [-0.25, -0.2) is 0 Å². The van der Waals surface area contributed by atoms with Crippen molar-refractivity contribution in [3.63, 3.8) is 0 Å². The van der Waals surface area contributed by atoms with Crippen LogP contribution >= 0.6 is 11.6 Å². The zero-order valence-electron chi connectivity index (χ0n) is 10.4. The lowest BCUT2D eigenvalue weighted by Crippen LogP contribution is -2.46. The molecule has 0 aliphatic heterocycles. The lowest BCUT2D eigenvalue weighted by molar-refractivity contribution is 0.0670. The van der Waals surface area contributed by atoms with Crippen LogP contribution in [0.1, 0.15) is 33.1 Å². The van der Waals surface area contributed by atoms with Gasteiger partial charge in [-0.1, -0.05) is 37.6 Å². The van der Waals surface area contributed by atoms with Gasteiger partial charge in [0.2, 0.25) is 0 Å². The molecule has 0 saturated heterocycles. The van der Waals surface area contributed by atoms with Crippen LogP contribution in [0, 0.1) is 5.41 Å². The van der Waals surface area contributed by atoms with Gasteiger partial charge in [0.25, 0.3) is 0 Å². The number of para-hydroxylation sites is 1. The molecule has 1 fully saturated rings. The summed E-state index contributed by atoms with van der Waals surface area (Å²) in [7, 11) is 0. The Balaban J connectivity index is 2.10. The minimum absolute atomic E-state index is 0.0682. The summed E-state index contributed by atoms with van der Waals surface area (Å²) in [5, 5.41) is 0.656. The number of hydrogen-bond acceptors (Lipinski definition) is 2. The molecular formula is C14H20ClNO. The van der Waals surface area contributed by atoms with Crippen LogP contribution in [0.25, 0.3) is 0 Å². The summed E-state index contributed by atoms with van der Waals surface area (Å²) >= 11 is 6.10. The van der Waals surface area contributed by atoms with Gasteiger partial charge in [-0.2, -0.15) is 0 Å². The van der Waals surface area contributed by atoms with Crippen LogP contribution in [0.4, 0.5) is 0 Å². The van der Waals surface area contributed by atoms with Crippen molar-refractivity contribution in [2.24, 2.45) is 11.1 Å². The normalized spacial score (nSPS) is 27.8. The summed E-state index contributed by atoms with van der Waals surface area (Å²) in [5.41, 5.74) is 6.44. The van der Waals surface area contributed by atoms with E-state index in [1.54, 1.807) is 0 Å². The van der Waals surface area contributed by atoms with Crippen molar-refractivity contribution in [2.45, 2.75) is 45.3 Å². The smallest absolute Gasteiger partial charge is 0.138 e. The van der Waals surface area contributed by atoms with Crippen LogP contribution in [0.5, 0.6) is 5.75 Å². The summed E-state index contributed by atoms with van der Waals surface area (Å²) < 4.78 is 5.98. The molecule has 3 heteroatoms. The van der Waals surface area contributed by atoms with E-state index in [0.29, 0.717) is 10.4 Å². The molecule has 2 unspecified atom stereocenters. The van der Waals surface area contributed by atoms with E-state index in [9.17, 15) is 0 Å². The first-order valence-corrected chi connectivity index (χ1v) is 6.52. The zero-order valence-corrected chi connectivity index (χ0v) is 11.2. The van der Waals surface area contributed by atoms with E-state index >= 15 is 0 Å². The van der Waals surface area contributed by atoms with Crippen molar-refractivity contribution in [1.29, 1.82) is 0 Å². The van der Waals surface area contributed by atoms with Gasteiger partial charge in [-0.3, -0.25) is 0 Å². The lowest BCUT2D eigenvalue weighted by Gasteiger charge is -2.39. The van der Waals surface area contributed by atoms with Crippen molar-refractivity contribution in [2.75, 3.05) is 0 Å². The zero-order chi connectivity index (χ0) is 12.5. The monoisotopic (exact) mass is 253 g/mol. The quantitative estimate of drug-likeness (QED) is 0.874. The average Bonchev–Trinajstić information content (AvgIpc) is 2.26. The fourth-order valence-electron chi connectivity index (χ4n) is 2.37. The molecule has 2 nitrogen and oxygen atoms in total. The Morgan fingerprint density at radius 3 is 2.76 bits per heavy atom. The number of halogens is 1. The van der Waals surface area contributed by atoms with E-state index in [1.165, 1.54) is 0 Å². The molecule has 1 aliphatic carbocycles. The Morgan fingerprint density at radius 1 is 1.35 bits per heavy atom. The van der Waals surface area contributed by atoms with Gasteiger partial charge in [-0.15, -0.1) is 0 Å². The van der Waals surface area contributed by atoms with Gasteiger partial charge in [0, 0.05) is 6.04 Å². The molecule has 2 rings (SSSR count). The molecule has 0 spiro atoms. The average molecular weight is 254 g/mol. The van der Waals surface area contributed by atoms with Gasteiger partial charge >= 0.3 is 0 Å². The van der Waals surface area contributed by atoms with E-state index in [2.05, 4.69) is 13.8 Å². The maximum atomic E-state index is 6.13. The molecule has 0 heterocycles. The Kier molecular flexibility index (Phi) is 3.64. The Bertz CT molecular complexity index is 392. The van der Waals surface area contributed by atoms with E-state index in [-0.39, 0.29) is 12.1 Å². The molecule has 0 aromatic heterocycles. The molecule has 1 aromatic rings. The first-order valence-electron chi connectivity index (χ1n) is 6.15. The minimum atomic E-state index is 0.0682. The minimum Gasteiger partial charge on any atom is -0.487 e. The molecule has 0 bridgehead atoms. The third kappa shape index (κ3) is 3.14. The number of ether oxygens (including phenoxy) is 1. The number of nitrogens with two attached hydrogens (primary N) is 1. The second kappa shape index (κ2) is 4.87. The third-order valence-corrected chi connectivity index (χ3v) is 3.81. The van der Waals surface area contributed by atoms with Crippen molar-refractivity contribution in [3.05, 3.63) is 29.3 Å². The van der Waals surface area contributed by atoms with Crippen LogP contribution in [-0.2, 0) is 0 Å². The maximum Gasteiger partial charge on any atom is 0.138 e. The van der Waals surface area contributed by atoms with E-state index in [0.717, 1.165) is 25.0 Å². The maximum absolute atomic E-state index is 6.13. The van der Waals surface area contributed by atoms with Gasteiger partial charge in [0.1, 0.15) is 11.9 Å². The van der Waals surface area contributed by atoms with Crippen molar-refractivity contribution < 1.29 is 4.74 Å². The lowest BCUT2D eigenvalue weighted by atomic mass is 9.74. The van der Waals surface area contributed by atoms with Crippen LogP contribution in [0.15, 0.2) is 24.3 Å². The summed E-state index contributed by atoms with van der Waals surface area (Å²) in [5.74, 6) is 0.743. The highest BCUT2D eigenvalue weighted by atomic mass is 35.5. The molecule has 1 aromatic carbocycles. The molecule has 2 N–H and O–H groups in total. The Labute approximate surface area is 108 Å². The predicted octanol–water partition coefficient (Wildman–Crippen LogP) is 3.62. The van der Waals surface area contributed by atoms with E-state index in [4.69, 9.17) is 22.1 Å². The predicted molar refractivity (Wildman–Crippen MR) is 71.5 cm³/mol. The standard InChI is InChI=1S/C14H20ClNO/c1-14(2)8-7-11(16)13(9-14)17-12-6-4-3-5-10(12)15/h3-6,11,13H,7-9,16H2,1-2H3. The summed E-state index contributed by atoms with van der Waals surface area (Å²) in [4.78, 5) is 0. The van der Waals surface area contributed by atoms with E-state index < -0.39 is 0 Å². The van der Waals surface area contributed by atoms with Crippen LogP contribution in [-0.4, -0.2) is 12.1 Å². The molecule has 0 amide bonds. The van der Waals surface area contributed by atoms with Crippen LogP contribution < -0.4 is 10.5 Å². The summed E-state index contributed by atoms with van der Waals surface area (Å²) in [6.07, 6.45) is 3.23. The second-order valence-corrected chi connectivity index (χ2v) is 6.06. The van der Waals surface area contributed by atoms with Gasteiger partial charge in [0.05, 0.1) is 5.02 Å². The number of benzene rings is 1. The molecule has 0 radical (unpaired) electrons. The highest BCUT2D eigenvalue weighted by molar-refractivity contribution is 6.32. The fourth-order valence-corrected chi connectivity index (χ4v) is 2.55. The van der Waals surface area contributed by atoms with Crippen molar-refractivity contribution >= 4 is 11.6 Å². The van der Waals surface area contributed by atoms with Crippen molar-refractivity contribution in [3.8, 4) is 5.75 Å². The second-order valence-electron chi connectivity index (χ2n) is 5.66. The molecule has 1 saturated carbocycles. The van der Waals surface area contributed by atoms with Gasteiger partial charge in [0.15, 0.2) is 0 Å². The van der Waals surface area contributed by atoms with Crippen LogP contribution in [0.3, 0.4) is 0 Å². The highest BCUT2D eigenvalue weighted by Gasteiger charge is 2.34. The Morgan fingerprint density at radius 2 is 2.06 bits per heavy atom. The first kappa shape index (κ1) is 12.7. The Hall–Kier alpha value is -0.730. The number of rotatable bonds is 2. The number of hydrogen-bond donors (Lipinski definition) is 1.